The zero-order valence-electron chi connectivity index (χ0n) is 10.1. The molecule has 2 aliphatic rings. The molecule has 96 valence electrons. The molecule has 0 aromatic heterocycles. The van der Waals surface area contributed by atoms with Crippen LogP contribution in [0.2, 0.25) is 0 Å². The SMILES string of the molecule is N[C@@H]1CCC[C@H]1CC(=O)NCC(=O)NC1CC1. The van der Waals surface area contributed by atoms with Gasteiger partial charge in [0.25, 0.3) is 0 Å². The minimum atomic E-state index is -0.0865. The monoisotopic (exact) mass is 239 g/mol. The van der Waals surface area contributed by atoms with Gasteiger partial charge in [-0.1, -0.05) is 6.42 Å². The van der Waals surface area contributed by atoms with Crippen molar-refractivity contribution in [2.45, 2.75) is 50.6 Å². The molecule has 2 aliphatic carbocycles. The number of nitrogens with two attached hydrogens (primary N) is 1. The summed E-state index contributed by atoms with van der Waals surface area (Å²) in [6, 6.07) is 0.503. The van der Waals surface area contributed by atoms with Gasteiger partial charge in [0, 0.05) is 18.5 Å². The molecule has 2 fully saturated rings. The normalized spacial score (nSPS) is 27.8. The molecule has 0 heterocycles. The van der Waals surface area contributed by atoms with Crippen molar-refractivity contribution in [3.63, 3.8) is 0 Å². The molecule has 2 saturated carbocycles. The molecule has 17 heavy (non-hydrogen) atoms. The van der Waals surface area contributed by atoms with Crippen molar-refractivity contribution in [1.29, 1.82) is 0 Å². The molecule has 0 spiro atoms. The summed E-state index contributed by atoms with van der Waals surface area (Å²) in [4.78, 5) is 23.0. The summed E-state index contributed by atoms with van der Waals surface area (Å²) >= 11 is 0. The second kappa shape index (κ2) is 5.49. The fraction of sp³-hybridized carbons (Fsp3) is 0.833. The van der Waals surface area contributed by atoms with Gasteiger partial charge >= 0.3 is 0 Å². The van der Waals surface area contributed by atoms with Gasteiger partial charge in [-0.2, -0.15) is 0 Å². The van der Waals surface area contributed by atoms with Crippen molar-refractivity contribution in [1.82, 2.24) is 10.6 Å². The van der Waals surface area contributed by atoms with E-state index in [2.05, 4.69) is 10.6 Å². The van der Waals surface area contributed by atoms with Crippen LogP contribution in [0.4, 0.5) is 0 Å². The summed E-state index contributed by atoms with van der Waals surface area (Å²) in [5.74, 6) is 0.149. The first-order chi connectivity index (χ1) is 8.15. The zero-order chi connectivity index (χ0) is 12.3. The number of carbonyl (C=O) groups is 2. The maximum atomic E-state index is 11.6. The highest BCUT2D eigenvalue weighted by Gasteiger charge is 2.26. The molecule has 2 atom stereocenters. The van der Waals surface area contributed by atoms with Crippen LogP contribution >= 0.6 is 0 Å². The number of hydrogen-bond acceptors (Lipinski definition) is 3. The first-order valence-corrected chi connectivity index (χ1v) is 6.47. The standard InChI is InChI=1S/C12H21N3O2/c13-10-3-1-2-8(10)6-11(16)14-7-12(17)15-9-4-5-9/h8-10H,1-7,13H2,(H,14,16)(H,15,17)/t8-,10+/m0/s1. The Morgan fingerprint density at radius 2 is 1.88 bits per heavy atom. The smallest absolute Gasteiger partial charge is 0.239 e. The summed E-state index contributed by atoms with van der Waals surface area (Å²) in [6.45, 7) is 0.0945. The van der Waals surface area contributed by atoms with E-state index in [1.807, 2.05) is 0 Å². The third-order valence-electron chi connectivity index (χ3n) is 3.55. The van der Waals surface area contributed by atoms with Crippen molar-refractivity contribution in [3.05, 3.63) is 0 Å². The number of hydrogen-bond donors (Lipinski definition) is 3. The van der Waals surface area contributed by atoms with Crippen LogP contribution in [0.3, 0.4) is 0 Å². The average molecular weight is 239 g/mol. The van der Waals surface area contributed by atoms with Crippen molar-refractivity contribution < 1.29 is 9.59 Å². The minimum Gasteiger partial charge on any atom is -0.352 e. The highest BCUT2D eigenvalue weighted by molar-refractivity contribution is 5.85. The molecule has 0 saturated heterocycles. The van der Waals surface area contributed by atoms with Crippen LogP contribution < -0.4 is 16.4 Å². The van der Waals surface area contributed by atoms with E-state index < -0.39 is 0 Å². The molecule has 5 heteroatoms. The lowest BCUT2D eigenvalue weighted by molar-refractivity contribution is -0.126. The van der Waals surface area contributed by atoms with E-state index in [1.165, 1.54) is 0 Å². The van der Waals surface area contributed by atoms with Crippen LogP contribution in [0.1, 0.15) is 38.5 Å². The third kappa shape index (κ3) is 4.00. The number of nitrogens with one attached hydrogen (secondary N) is 2. The van der Waals surface area contributed by atoms with Crippen LogP contribution in [-0.4, -0.2) is 30.4 Å². The lowest BCUT2D eigenvalue weighted by atomic mass is 10.00. The van der Waals surface area contributed by atoms with Crippen molar-refractivity contribution in [3.8, 4) is 0 Å². The molecule has 4 N–H and O–H groups in total. The van der Waals surface area contributed by atoms with Crippen LogP contribution in [0.25, 0.3) is 0 Å². The van der Waals surface area contributed by atoms with Gasteiger partial charge in [0.2, 0.25) is 11.8 Å². The van der Waals surface area contributed by atoms with Gasteiger partial charge in [0.15, 0.2) is 0 Å². The van der Waals surface area contributed by atoms with E-state index in [1.54, 1.807) is 0 Å². The molecule has 2 rings (SSSR count). The van der Waals surface area contributed by atoms with Crippen LogP contribution in [0, 0.1) is 5.92 Å². The third-order valence-corrected chi connectivity index (χ3v) is 3.55. The molecule has 0 aromatic rings. The lowest BCUT2D eigenvalue weighted by Crippen LogP contribution is -2.39. The van der Waals surface area contributed by atoms with E-state index in [0.29, 0.717) is 18.4 Å². The predicted molar refractivity (Wildman–Crippen MR) is 64.1 cm³/mol. The van der Waals surface area contributed by atoms with Gasteiger partial charge < -0.3 is 16.4 Å². The Hall–Kier alpha value is -1.10. The van der Waals surface area contributed by atoms with Crippen LogP contribution in [-0.2, 0) is 9.59 Å². The molecule has 0 radical (unpaired) electrons. The highest BCUT2D eigenvalue weighted by atomic mass is 16.2. The summed E-state index contributed by atoms with van der Waals surface area (Å²) in [5, 5.41) is 5.49. The maximum Gasteiger partial charge on any atom is 0.239 e. The molecular formula is C12H21N3O2. The molecule has 0 bridgehead atoms. The first-order valence-electron chi connectivity index (χ1n) is 6.47. The summed E-state index contributed by atoms with van der Waals surface area (Å²) in [6.07, 6.45) is 5.75. The largest absolute Gasteiger partial charge is 0.352 e. The molecule has 0 unspecified atom stereocenters. The van der Waals surface area contributed by atoms with E-state index in [-0.39, 0.29) is 24.4 Å². The Kier molecular flexibility index (Phi) is 3.99. The van der Waals surface area contributed by atoms with E-state index in [4.69, 9.17) is 5.73 Å². The van der Waals surface area contributed by atoms with Crippen molar-refractivity contribution in [2.75, 3.05) is 6.54 Å². The Bertz CT molecular complexity index is 302. The van der Waals surface area contributed by atoms with Crippen molar-refractivity contribution >= 4 is 11.8 Å². The molecule has 2 amide bonds. The van der Waals surface area contributed by atoms with Crippen molar-refractivity contribution in [2.24, 2.45) is 11.7 Å². The fourth-order valence-electron chi connectivity index (χ4n) is 2.31. The number of amides is 2. The number of carbonyl (C=O) groups excluding carboxylic acids is 2. The lowest BCUT2D eigenvalue weighted by Gasteiger charge is -2.14. The summed E-state index contributed by atoms with van der Waals surface area (Å²) in [7, 11) is 0. The Balaban J connectivity index is 1.61. The second-order valence-electron chi connectivity index (χ2n) is 5.18. The predicted octanol–water partition coefficient (Wildman–Crippen LogP) is -0.101. The van der Waals surface area contributed by atoms with E-state index in [9.17, 15) is 9.59 Å². The van der Waals surface area contributed by atoms with Gasteiger partial charge in [-0.25, -0.2) is 0 Å². The molecule has 5 nitrogen and oxygen atoms in total. The molecular weight excluding hydrogens is 218 g/mol. The van der Waals surface area contributed by atoms with Gasteiger partial charge in [0.05, 0.1) is 6.54 Å². The second-order valence-corrected chi connectivity index (χ2v) is 5.18. The Morgan fingerprint density at radius 3 is 2.47 bits per heavy atom. The van der Waals surface area contributed by atoms with Gasteiger partial charge in [-0.05, 0) is 31.6 Å². The Morgan fingerprint density at radius 1 is 1.12 bits per heavy atom. The summed E-state index contributed by atoms with van der Waals surface area (Å²) in [5.41, 5.74) is 5.90. The topological polar surface area (TPSA) is 84.2 Å². The van der Waals surface area contributed by atoms with Gasteiger partial charge in [-0.3, -0.25) is 9.59 Å². The summed E-state index contributed by atoms with van der Waals surface area (Å²) < 4.78 is 0. The molecule has 0 aliphatic heterocycles. The fourth-order valence-corrected chi connectivity index (χ4v) is 2.31. The first kappa shape index (κ1) is 12.4. The quantitative estimate of drug-likeness (QED) is 0.626. The zero-order valence-corrected chi connectivity index (χ0v) is 10.1. The minimum absolute atomic E-state index is 0.0571. The van der Waals surface area contributed by atoms with Crippen LogP contribution in [0.5, 0.6) is 0 Å². The average Bonchev–Trinajstić information content (AvgIpc) is 3.01. The van der Waals surface area contributed by atoms with Crippen LogP contribution in [0.15, 0.2) is 0 Å². The van der Waals surface area contributed by atoms with E-state index >= 15 is 0 Å². The highest BCUT2D eigenvalue weighted by Crippen LogP contribution is 2.26. The molecule has 0 aromatic carbocycles. The number of rotatable bonds is 5. The van der Waals surface area contributed by atoms with E-state index in [0.717, 1.165) is 32.1 Å². The Labute approximate surface area is 102 Å². The maximum absolute atomic E-state index is 11.6. The van der Waals surface area contributed by atoms with Gasteiger partial charge in [-0.15, -0.1) is 0 Å². The van der Waals surface area contributed by atoms with Gasteiger partial charge in [0.1, 0.15) is 0 Å².